The van der Waals surface area contributed by atoms with E-state index in [1.165, 1.54) is 6.07 Å². The van der Waals surface area contributed by atoms with Gasteiger partial charge in [-0.1, -0.05) is 18.2 Å². The molecular formula is C14H15F3NO3-. The summed E-state index contributed by atoms with van der Waals surface area (Å²) < 4.78 is 38.3. The van der Waals surface area contributed by atoms with Crippen LogP contribution in [0, 0.1) is 0 Å². The van der Waals surface area contributed by atoms with Gasteiger partial charge < -0.3 is 19.9 Å². The summed E-state index contributed by atoms with van der Waals surface area (Å²) in [5, 5.41) is 20.4. The summed E-state index contributed by atoms with van der Waals surface area (Å²) >= 11 is 0. The SMILES string of the molecule is O=C([O-])N1CCC(CO)(c2cccc(C(F)(F)F)c2)CC1. The summed E-state index contributed by atoms with van der Waals surface area (Å²) in [7, 11) is 0. The van der Waals surface area contributed by atoms with Gasteiger partial charge in [0.05, 0.1) is 12.2 Å². The molecule has 2 rings (SSSR count). The van der Waals surface area contributed by atoms with Crippen LogP contribution in [-0.2, 0) is 11.6 Å². The number of aliphatic hydroxyl groups excluding tert-OH is 1. The first-order valence-electron chi connectivity index (χ1n) is 6.53. The van der Waals surface area contributed by atoms with Crippen LogP contribution in [0.25, 0.3) is 0 Å². The zero-order valence-electron chi connectivity index (χ0n) is 11.2. The van der Waals surface area contributed by atoms with E-state index in [4.69, 9.17) is 0 Å². The van der Waals surface area contributed by atoms with Gasteiger partial charge in [0.15, 0.2) is 0 Å². The fourth-order valence-electron chi connectivity index (χ4n) is 2.68. The Morgan fingerprint density at radius 3 is 2.43 bits per heavy atom. The van der Waals surface area contributed by atoms with Gasteiger partial charge in [-0.3, -0.25) is 0 Å². The zero-order chi connectivity index (χ0) is 15.7. The summed E-state index contributed by atoms with van der Waals surface area (Å²) in [5.74, 6) is 0. The fraction of sp³-hybridized carbons (Fsp3) is 0.500. The average molecular weight is 302 g/mol. The molecule has 1 aromatic rings. The van der Waals surface area contributed by atoms with Crippen molar-refractivity contribution in [1.29, 1.82) is 0 Å². The molecule has 4 nitrogen and oxygen atoms in total. The van der Waals surface area contributed by atoms with Gasteiger partial charge in [-0.15, -0.1) is 0 Å². The predicted molar refractivity (Wildman–Crippen MR) is 66.4 cm³/mol. The van der Waals surface area contributed by atoms with Crippen molar-refractivity contribution in [1.82, 2.24) is 4.90 Å². The largest absolute Gasteiger partial charge is 0.530 e. The Morgan fingerprint density at radius 2 is 1.95 bits per heavy atom. The van der Waals surface area contributed by atoms with Crippen LogP contribution in [-0.4, -0.2) is 35.8 Å². The summed E-state index contributed by atoms with van der Waals surface area (Å²) in [4.78, 5) is 11.9. The van der Waals surface area contributed by atoms with Crippen LogP contribution < -0.4 is 5.11 Å². The number of carbonyl (C=O) groups is 1. The molecule has 0 bridgehead atoms. The van der Waals surface area contributed by atoms with Crippen LogP contribution in [0.4, 0.5) is 18.0 Å². The summed E-state index contributed by atoms with van der Waals surface area (Å²) in [6.45, 7) is -0.0481. The molecule has 21 heavy (non-hydrogen) atoms. The third-order valence-corrected chi connectivity index (χ3v) is 4.08. The minimum absolute atomic E-state index is 0.138. The number of rotatable bonds is 2. The first kappa shape index (κ1) is 15.6. The lowest BCUT2D eigenvalue weighted by atomic mass is 9.73. The van der Waals surface area contributed by atoms with Gasteiger partial charge in [0.25, 0.3) is 0 Å². The molecule has 1 heterocycles. The molecule has 0 atom stereocenters. The van der Waals surface area contributed by atoms with E-state index in [2.05, 4.69) is 0 Å². The first-order chi connectivity index (χ1) is 9.78. The number of carboxylic acid groups (broad SMARTS) is 1. The number of carbonyl (C=O) groups excluding carboxylic acids is 1. The summed E-state index contributed by atoms with van der Waals surface area (Å²) in [6.07, 6.45) is -5.22. The number of piperidine rings is 1. The van der Waals surface area contributed by atoms with Crippen molar-refractivity contribution < 1.29 is 28.2 Å². The highest BCUT2D eigenvalue weighted by molar-refractivity contribution is 5.62. The Balaban J connectivity index is 2.28. The third kappa shape index (κ3) is 3.12. The number of aliphatic hydroxyl groups is 1. The molecule has 116 valence electrons. The van der Waals surface area contributed by atoms with Crippen molar-refractivity contribution in [3.63, 3.8) is 0 Å². The Labute approximate surface area is 119 Å². The van der Waals surface area contributed by atoms with Gasteiger partial charge in [-0.05, 0) is 24.5 Å². The molecule has 0 radical (unpaired) electrons. The van der Waals surface area contributed by atoms with Gasteiger partial charge in [0, 0.05) is 18.5 Å². The molecule has 1 amide bonds. The number of hydrogen-bond donors (Lipinski definition) is 1. The Bertz CT molecular complexity index is 522. The van der Waals surface area contributed by atoms with Crippen molar-refractivity contribution in [3.05, 3.63) is 35.4 Å². The second-order valence-electron chi connectivity index (χ2n) is 5.27. The normalized spacial score (nSPS) is 18.6. The predicted octanol–water partition coefficient (Wildman–Crippen LogP) is 1.37. The number of likely N-dealkylation sites (tertiary alicyclic amines) is 1. The van der Waals surface area contributed by atoms with E-state index in [1.54, 1.807) is 6.07 Å². The molecule has 1 aromatic carbocycles. The molecule has 0 saturated carbocycles. The zero-order valence-corrected chi connectivity index (χ0v) is 11.2. The number of amides is 1. The standard InChI is InChI=1S/C14H16F3NO3/c15-14(16,17)11-3-1-2-10(8-11)13(9-19)4-6-18(7-5-13)12(20)21/h1-3,8,19H,4-7,9H2,(H,20,21)/p-1. The van der Waals surface area contributed by atoms with Crippen molar-refractivity contribution in [2.45, 2.75) is 24.4 Å². The summed E-state index contributed by atoms with van der Waals surface area (Å²) in [6, 6.07) is 4.86. The van der Waals surface area contributed by atoms with Crippen molar-refractivity contribution in [3.8, 4) is 0 Å². The molecule has 1 saturated heterocycles. The van der Waals surface area contributed by atoms with E-state index in [0.717, 1.165) is 17.0 Å². The lowest BCUT2D eigenvalue weighted by molar-refractivity contribution is -0.267. The van der Waals surface area contributed by atoms with E-state index < -0.39 is 23.2 Å². The fourth-order valence-corrected chi connectivity index (χ4v) is 2.68. The molecule has 1 fully saturated rings. The number of alkyl halides is 3. The van der Waals surface area contributed by atoms with Gasteiger partial charge in [0.1, 0.15) is 6.09 Å². The summed E-state index contributed by atoms with van der Waals surface area (Å²) in [5.41, 5.74) is -1.22. The lowest BCUT2D eigenvalue weighted by Gasteiger charge is -2.42. The van der Waals surface area contributed by atoms with E-state index in [1.807, 2.05) is 0 Å². The van der Waals surface area contributed by atoms with Crippen LogP contribution in [0.1, 0.15) is 24.0 Å². The molecule has 0 aliphatic carbocycles. The molecule has 1 aliphatic heterocycles. The number of halogens is 3. The van der Waals surface area contributed by atoms with E-state index in [9.17, 15) is 28.2 Å². The Kier molecular flexibility index (Phi) is 4.13. The second-order valence-corrected chi connectivity index (χ2v) is 5.27. The topological polar surface area (TPSA) is 63.6 Å². The van der Waals surface area contributed by atoms with Gasteiger partial charge in [0.2, 0.25) is 0 Å². The molecule has 1 aliphatic rings. The number of nitrogens with zero attached hydrogens (tertiary/aromatic N) is 1. The smallest absolute Gasteiger partial charge is 0.416 e. The third-order valence-electron chi connectivity index (χ3n) is 4.08. The molecule has 0 spiro atoms. The van der Waals surface area contributed by atoms with E-state index >= 15 is 0 Å². The van der Waals surface area contributed by atoms with E-state index in [0.29, 0.717) is 5.56 Å². The van der Waals surface area contributed by atoms with Gasteiger partial charge in [-0.2, -0.15) is 13.2 Å². The average Bonchev–Trinajstić information content (AvgIpc) is 2.46. The van der Waals surface area contributed by atoms with Crippen LogP contribution in [0.5, 0.6) is 0 Å². The maximum atomic E-state index is 12.8. The number of benzene rings is 1. The lowest BCUT2D eigenvalue weighted by Crippen LogP contribution is -2.50. The molecule has 7 heteroatoms. The molecule has 0 aromatic heterocycles. The van der Waals surface area contributed by atoms with Crippen LogP contribution >= 0.6 is 0 Å². The van der Waals surface area contributed by atoms with Crippen molar-refractivity contribution in [2.24, 2.45) is 0 Å². The quantitative estimate of drug-likeness (QED) is 0.897. The van der Waals surface area contributed by atoms with E-state index in [-0.39, 0.29) is 32.5 Å². The molecule has 0 unspecified atom stereocenters. The maximum Gasteiger partial charge on any atom is 0.416 e. The van der Waals surface area contributed by atoms with Gasteiger partial charge in [-0.25, -0.2) is 0 Å². The van der Waals surface area contributed by atoms with Crippen LogP contribution in [0.15, 0.2) is 24.3 Å². The first-order valence-corrected chi connectivity index (χ1v) is 6.53. The Morgan fingerprint density at radius 1 is 1.33 bits per heavy atom. The molecule has 1 N–H and O–H groups in total. The van der Waals surface area contributed by atoms with Gasteiger partial charge >= 0.3 is 6.18 Å². The number of hydrogen-bond acceptors (Lipinski definition) is 3. The van der Waals surface area contributed by atoms with Crippen molar-refractivity contribution in [2.75, 3.05) is 19.7 Å². The maximum absolute atomic E-state index is 12.8. The van der Waals surface area contributed by atoms with Crippen molar-refractivity contribution >= 4 is 6.09 Å². The molecular weight excluding hydrogens is 287 g/mol. The monoisotopic (exact) mass is 302 g/mol. The highest BCUT2D eigenvalue weighted by atomic mass is 19.4. The van der Waals surface area contributed by atoms with Crippen LogP contribution in [0.3, 0.4) is 0 Å². The minimum Gasteiger partial charge on any atom is -0.530 e. The van der Waals surface area contributed by atoms with Crippen LogP contribution in [0.2, 0.25) is 0 Å². The Hall–Kier alpha value is -1.76. The minimum atomic E-state index is -4.45. The highest BCUT2D eigenvalue weighted by Gasteiger charge is 2.38. The highest BCUT2D eigenvalue weighted by Crippen LogP contribution is 2.38. The second kappa shape index (κ2) is 5.55.